The molecule has 0 radical (unpaired) electrons. The van der Waals surface area contributed by atoms with Crippen molar-refractivity contribution in [3.05, 3.63) is 22.4 Å². The minimum atomic E-state index is -0.805. The number of rotatable bonds is 4. The molecule has 0 aromatic carbocycles. The molecule has 0 aliphatic rings. The average Bonchev–Trinajstić information content (AvgIpc) is 2.69. The Balaban J connectivity index is 2.69. The molecule has 1 atom stereocenters. The Morgan fingerprint density at radius 1 is 1.62 bits per heavy atom. The van der Waals surface area contributed by atoms with E-state index in [1.807, 2.05) is 24.4 Å². The highest BCUT2D eigenvalue weighted by Gasteiger charge is 2.31. The normalized spacial score (nSPS) is 13.2. The van der Waals surface area contributed by atoms with Gasteiger partial charge in [-0.1, -0.05) is 18.3 Å². The summed E-state index contributed by atoms with van der Waals surface area (Å²) in [5.41, 5.74) is 4.73. The number of thiophene rings is 1. The molecule has 3 nitrogen and oxygen atoms in total. The third-order valence-corrected chi connectivity index (χ3v) is 4.07. The second kappa shape index (κ2) is 4.93. The molecule has 0 saturated carbocycles. The van der Waals surface area contributed by atoms with Crippen molar-refractivity contribution in [1.82, 2.24) is 5.32 Å². The van der Waals surface area contributed by atoms with Gasteiger partial charge in [0.05, 0.1) is 16.4 Å². The molecule has 88 valence electrons. The first kappa shape index (κ1) is 13.1. The van der Waals surface area contributed by atoms with Crippen molar-refractivity contribution in [2.45, 2.75) is 26.8 Å². The number of carbonyl (C=O) groups excluding carboxylic acids is 1. The maximum atomic E-state index is 11.9. The SMILES string of the molecule is CC(NC(=O)C(C)(C)C(N)=S)c1cccs1. The number of nitrogens with two attached hydrogens (primary N) is 1. The van der Waals surface area contributed by atoms with Crippen LogP contribution in [-0.4, -0.2) is 10.9 Å². The molecular formula is C11H16N2OS2. The third kappa shape index (κ3) is 2.80. The standard InChI is InChI=1S/C11H16N2OS2/c1-7(8-5-4-6-16-8)13-10(14)11(2,3)9(12)15/h4-7H,1-3H3,(H2,12,15)(H,13,14). The summed E-state index contributed by atoms with van der Waals surface area (Å²) in [5.74, 6) is -0.138. The van der Waals surface area contributed by atoms with Crippen LogP contribution in [0.15, 0.2) is 17.5 Å². The van der Waals surface area contributed by atoms with Gasteiger partial charge in [0.25, 0.3) is 0 Å². The second-order valence-electron chi connectivity index (χ2n) is 4.20. The van der Waals surface area contributed by atoms with Crippen molar-refractivity contribution < 1.29 is 4.79 Å². The van der Waals surface area contributed by atoms with Gasteiger partial charge < -0.3 is 11.1 Å². The molecule has 3 N–H and O–H groups in total. The summed E-state index contributed by atoms with van der Waals surface area (Å²) in [4.78, 5) is 13.3. The zero-order valence-electron chi connectivity index (χ0n) is 9.61. The topological polar surface area (TPSA) is 55.1 Å². The minimum absolute atomic E-state index is 0.0128. The lowest BCUT2D eigenvalue weighted by Crippen LogP contribution is -2.45. The predicted molar refractivity (Wildman–Crippen MR) is 71.4 cm³/mol. The Morgan fingerprint density at radius 2 is 2.25 bits per heavy atom. The summed E-state index contributed by atoms with van der Waals surface area (Å²) < 4.78 is 0. The Labute approximate surface area is 105 Å². The van der Waals surface area contributed by atoms with E-state index in [0.29, 0.717) is 0 Å². The van der Waals surface area contributed by atoms with Gasteiger partial charge in [-0.3, -0.25) is 4.79 Å². The van der Waals surface area contributed by atoms with Crippen molar-refractivity contribution in [2.24, 2.45) is 11.1 Å². The van der Waals surface area contributed by atoms with E-state index in [9.17, 15) is 4.79 Å². The third-order valence-electron chi connectivity index (χ3n) is 2.50. The molecule has 0 aliphatic heterocycles. The van der Waals surface area contributed by atoms with Crippen LogP contribution in [0.1, 0.15) is 31.7 Å². The molecule has 1 rings (SSSR count). The van der Waals surface area contributed by atoms with Gasteiger partial charge in [0, 0.05) is 4.88 Å². The zero-order valence-corrected chi connectivity index (χ0v) is 11.2. The molecule has 0 aliphatic carbocycles. The quantitative estimate of drug-likeness (QED) is 0.812. The van der Waals surface area contributed by atoms with Gasteiger partial charge in [-0.2, -0.15) is 0 Å². The first-order chi connectivity index (χ1) is 7.35. The monoisotopic (exact) mass is 256 g/mol. The van der Waals surface area contributed by atoms with E-state index >= 15 is 0 Å². The smallest absolute Gasteiger partial charge is 0.232 e. The molecule has 1 aromatic rings. The molecule has 0 fully saturated rings. The van der Waals surface area contributed by atoms with E-state index in [4.69, 9.17) is 18.0 Å². The summed E-state index contributed by atoms with van der Waals surface area (Å²) in [6.45, 7) is 5.40. The van der Waals surface area contributed by atoms with Gasteiger partial charge in [0.2, 0.25) is 5.91 Å². The lowest BCUT2D eigenvalue weighted by molar-refractivity contribution is -0.126. The number of amides is 1. The predicted octanol–water partition coefficient (Wildman–Crippen LogP) is 2.24. The van der Waals surface area contributed by atoms with Crippen molar-refractivity contribution in [3.63, 3.8) is 0 Å². The largest absolute Gasteiger partial charge is 0.392 e. The molecule has 5 heteroatoms. The number of nitrogens with one attached hydrogen (secondary N) is 1. The number of carbonyl (C=O) groups is 1. The number of hydrogen-bond donors (Lipinski definition) is 2. The first-order valence-electron chi connectivity index (χ1n) is 5.00. The van der Waals surface area contributed by atoms with Crippen molar-refractivity contribution >= 4 is 34.5 Å². The molecule has 16 heavy (non-hydrogen) atoms. The highest BCUT2D eigenvalue weighted by Crippen LogP contribution is 2.21. The molecule has 1 unspecified atom stereocenters. The summed E-state index contributed by atoms with van der Waals surface area (Å²) in [6, 6.07) is 3.94. The zero-order chi connectivity index (χ0) is 12.3. The highest BCUT2D eigenvalue weighted by molar-refractivity contribution is 7.80. The lowest BCUT2D eigenvalue weighted by atomic mass is 9.92. The first-order valence-corrected chi connectivity index (χ1v) is 6.28. The van der Waals surface area contributed by atoms with Gasteiger partial charge in [0.15, 0.2) is 0 Å². The maximum Gasteiger partial charge on any atom is 0.232 e. The van der Waals surface area contributed by atoms with Crippen molar-refractivity contribution in [1.29, 1.82) is 0 Å². The van der Waals surface area contributed by atoms with Crippen LogP contribution in [0.3, 0.4) is 0 Å². The Kier molecular flexibility index (Phi) is 4.04. The number of hydrogen-bond acceptors (Lipinski definition) is 3. The van der Waals surface area contributed by atoms with E-state index in [1.165, 1.54) is 0 Å². The lowest BCUT2D eigenvalue weighted by Gasteiger charge is -2.24. The minimum Gasteiger partial charge on any atom is -0.392 e. The van der Waals surface area contributed by atoms with E-state index in [-0.39, 0.29) is 16.9 Å². The van der Waals surface area contributed by atoms with Gasteiger partial charge >= 0.3 is 0 Å². The van der Waals surface area contributed by atoms with Crippen LogP contribution in [0.5, 0.6) is 0 Å². The molecule has 1 amide bonds. The van der Waals surface area contributed by atoms with Crippen molar-refractivity contribution in [2.75, 3.05) is 0 Å². The fourth-order valence-electron chi connectivity index (χ4n) is 1.10. The molecule has 0 saturated heterocycles. The number of thiocarbonyl (C=S) groups is 1. The average molecular weight is 256 g/mol. The summed E-state index contributed by atoms with van der Waals surface area (Å²) in [5, 5.41) is 4.89. The summed E-state index contributed by atoms with van der Waals surface area (Å²) in [7, 11) is 0. The van der Waals surface area contributed by atoms with Crippen LogP contribution in [0.4, 0.5) is 0 Å². The van der Waals surface area contributed by atoms with E-state index < -0.39 is 5.41 Å². The Hall–Kier alpha value is -0.940. The van der Waals surface area contributed by atoms with Gasteiger partial charge in [0.1, 0.15) is 0 Å². The van der Waals surface area contributed by atoms with E-state index in [1.54, 1.807) is 25.2 Å². The van der Waals surface area contributed by atoms with E-state index in [0.717, 1.165) is 4.88 Å². The van der Waals surface area contributed by atoms with Crippen LogP contribution >= 0.6 is 23.6 Å². The van der Waals surface area contributed by atoms with Crippen LogP contribution in [0.2, 0.25) is 0 Å². The van der Waals surface area contributed by atoms with Gasteiger partial charge in [-0.25, -0.2) is 0 Å². The van der Waals surface area contributed by atoms with Crippen molar-refractivity contribution in [3.8, 4) is 0 Å². The Morgan fingerprint density at radius 3 is 2.69 bits per heavy atom. The second-order valence-corrected chi connectivity index (χ2v) is 5.62. The van der Waals surface area contributed by atoms with E-state index in [2.05, 4.69) is 5.32 Å². The van der Waals surface area contributed by atoms with Crippen LogP contribution in [0, 0.1) is 5.41 Å². The molecular weight excluding hydrogens is 240 g/mol. The maximum absolute atomic E-state index is 11.9. The summed E-state index contributed by atoms with van der Waals surface area (Å²) in [6.07, 6.45) is 0. The van der Waals surface area contributed by atoms with Crippen LogP contribution in [0.25, 0.3) is 0 Å². The van der Waals surface area contributed by atoms with Crippen LogP contribution < -0.4 is 11.1 Å². The molecule has 1 heterocycles. The highest BCUT2D eigenvalue weighted by atomic mass is 32.1. The van der Waals surface area contributed by atoms with Gasteiger partial charge in [-0.05, 0) is 32.2 Å². The molecule has 0 spiro atoms. The summed E-state index contributed by atoms with van der Waals surface area (Å²) >= 11 is 6.49. The molecule has 1 aromatic heterocycles. The fraction of sp³-hybridized carbons (Fsp3) is 0.455. The van der Waals surface area contributed by atoms with Gasteiger partial charge in [-0.15, -0.1) is 11.3 Å². The Bertz CT molecular complexity index is 385. The fourth-order valence-corrected chi connectivity index (χ4v) is 1.92. The van der Waals surface area contributed by atoms with Crippen LogP contribution in [-0.2, 0) is 4.79 Å². The molecule has 0 bridgehead atoms.